The van der Waals surface area contributed by atoms with Crippen molar-refractivity contribution in [1.29, 1.82) is 0 Å². The van der Waals surface area contributed by atoms with Gasteiger partial charge in [-0.15, -0.1) is 0 Å². The van der Waals surface area contributed by atoms with Crippen LogP contribution in [0.15, 0.2) is 41.8 Å². The maximum Gasteiger partial charge on any atom is 0.189 e. The van der Waals surface area contributed by atoms with Gasteiger partial charge in [0.1, 0.15) is 5.75 Å². The first-order valence-corrected chi connectivity index (χ1v) is 8.28. The Labute approximate surface area is 133 Å². The van der Waals surface area contributed by atoms with Crippen molar-refractivity contribution < 1.29 is 4.74 Å². The summed E-state index contributed by atoms with van der Waals surface area (Å²) in [6.07, 6.45) is 5.96. The number of thioether (sulfide) groups is 1. The van der Waals surface area contributed by atoms with E-state index in [1.165, 1.54) is 12.8 Å². The van der Waals surface area contributed by atoms with Gasteiger partial charge in [0.25, 0.3) is 0 Å². The molecule has 0 bridgehead atoms. The van der Waals surface area contributed by atoms with E-state index in [0.717, 1.165) is 33.4 Å². The number of hydrogen-bond acceptors (Lipinski definition) is 5. The average molecular weight is 314 g/mol. The zero-order valence-corrected chi connectivity index (χ0v) is 13.5. The quantitative estimate of drug-likeness (QED) is 0.394. The highest BCUT2D eigenvalue weighted by Crippen LogP contribution is 2.23. The molecule has 1 aromatic carbocycles. The summed E-state index contributed by atoms with van der Waals surface area (Å²) < 4.78 is 7.12. The molecule has 0 atom stereocenters. The first-order valence-electron chi connectivity index (χ1n) is 7.30. The van der Waals surface area contributed by atoms with Crippen molar-refractivity contribution in [3.63, 3.8) is 0 Å². The second-order valence-electron chi connectivity index (χ2n) is 4.88. The molecule has 3 rings (SSSR count). The van der Waals surface area contributed by atoms with Crippen molar-refractivity contribution in [3.05, 3.63) is 36.7 Å². The maximum absolute atomic E-state index is 5.29. The van der Waals surface area contributed by atoms with E-state index in [4.69, 9.17) is 4.74 Å². The topological polar surface area (TPSA) is 52.8 Å². The second-order valence-corrected chi connectivity index (χ2v) is 5.94. The van der Waals surface area contributed by atoms with Crippen molar-refractivity contribution in [2.24, 2.45) is 0 Å². The van der Waals surface area contributed by atoms with Crippen LogP contribution in [-0.2, 0) is 0 Å². The molecule has 0 unspecified atom stereocenters. The van der Waals surface area contributed by atoms with Crippen molar-refractivity contribution in [1.82, 2.24) is 19.7 Å². The average Bonchev–Trinajstić information content (AvgIpc) is 2.98. The number of hydrogen-bond donors (Lipinski definition) is 0. The summed E-state index contributed by atoms with van der Waals surface area (Å²) in [4.78, 5) is 8.93. The van der Waals surface area contributed by atoms with Crippen LogP contribution in [0.5, 0.6) is 5.75 Å². The predicted molar refractivity (Wildman–Crippen MR) is 88.8 cm³/mol. The van der Waals surface area contributed by atoms with Crippen LogP contribution >= 0.6 is 11.8 Å². The number of benzene rings is 1. The minimum absolute atomic E-state index is 0.775. The molecule has 3 aromatic rings. The Kier molecular flexibility index (Phi) is 4.58. The molecule has 0 aliphatic carbocycles. The van der Waals surface area contributed by atoms with E-state index in [2.05, 4.69) is 22.0 Å². The SMILES string of the molecule is CCCCSc1nccc(-n2ncc3ccc(OC)cc32)n1. The van der Waals surface area contributed by atoms with Crippen molar-refractivity contribution >= 4 is 22.7 Å². The van der Waals surface area contributed by atoms with E-state index in [1.807, 2.05) is 35.1 Å². The molecule has 0 saturated carbocycles. The predicted octanol–water partition coefficient (Wildman–Crippen LogP) is 3.72. The van der Waals surface area contributed by atoms with Gasteiger partial charge in [-0.2, -0.15) is 5.10 Å². The fourth-order valence-corrected chi connectivity index (χ4v) is 3.04. The zero-order valence-electron chi connectivity index (χ0n) is 12.7. The summed E-state index contributed by atoms with van der Waals surface area (Å²) in [7, 11) is 1.66. The van der Waals surface area contributed by atoms with Gasteiger partial charge in [0.15, 0.2) is 11.0 Å². The lowest BCUT2D eigenvalue weighted by Crippen LogP contribution is -2.01. The molecule has 2 aromatic heterocycles. The molecule has 0 saturated heterocycles. The van der Waals surface area contributed by atoms with E-state index >= 15 is 0 Å². The molecule has 5 nitrogen and oxygen atoms in total. The van der Waals surface area contributed by atoms with E-state index < -0.39 is 0 Å². The van der Waals surface area contributed by atoms with Crippen LogP contribution in [0.4, 0.5) is 0 Å². The van der Waals surface area contributed by atoms with E-state index in [0.29, 0.717) is 0 Å². The van der Waals surface area contributed by atoms with Gasteiger partial charge in [0.2, 0.25) is 0 Å². The van der Waals surface area contributed by atoms with E-state index in [9.17, 15) is 0 Å². The number of ether oxygens (including phenoxy) is 1. The van der Waals surface area contributed by atoms with Crippen LogP contribution in [0.1, 0.15) is 19.8 Å². The molecule has 22 heavy (non-hydrogen) atoms. The molecule has 0 N–H and O–H groups in total. The molecule has 0 aliphatic heterocycles. The van der Waals surface area contributed by atoms with Crippen molar-refractivity contribution in [3.8, 4) is 11.6 Å². The third kappa shape index (κ3) is 3.06. The summed E-state index contributed by atoms with van der Waals surface area (Å²) >= 11 is 1.68. The molecule has 0 radical (unpaired) electrons. The lowest BCUT2D eigenvalue weighted by atomic mass is 10.2. The number of fused-ring (bicyclic) bond motifs is 1. The largest absolute Gasteiger partial charge is 0.497 e. The van der Waals surface area contributed by atoms with Gasteiger partial charge in [-0.3, -0.25) is 0 Å². The van der Waals surface area contributed by atoms with Gasteiger partial charge in [-0.05, 0) is 18.6 Å². The third-order valence-electron chi connectivity index (χ3n) is 3.34. The third-order valence-corrected chi connectivity index (χ3v) is 4.29. The van der Waals surface area contributed by atoms with Gasteiger partial charge in [0.05, 0.1) is 18.8 Å². The van der Waals surface area contributed by atoms with Gasteiger partial charge in [-0.25, -0.2) is 14.6 Å². The highest BCUT2D eigenvalue weighted by Gasteiger charge is 2.08. The smallest absolute Gasteiger partial charge is 0.189 e. The van der Waals surface area contributed by atoms with E-state index in [-0.39, 0.29) is 0 Å². The second kappa shape index (κ2) is 6.79. The lowest BCUT2D eigenvalue weighted by molar-refractivity contribution is 0.415. The van der Waals surface area contributed by atoms with Crippen molar-refractivity contribution in [2.45, 2.75) is 24.9 Å². The first kappa shape index (κ1) is 14.8. The first-order chi connectivity index (χ1) is 10.8. The van der Waals surface area contributed by atoms with Gasteiger partial charge in [0, 0.05) is 29.5 Å². The van der Waals surface area contributed by atoms with Crippen LogP contribution in [-0.4, -0.2) is 32.6 Å². The maximum atomic E-state index is 5.29. The minimum atomic E-state index is 0.775. The summed E-state index contributed by atoms with van der Waals surface area (Å²) in [5.41, 5.74) is 0.975. The molecule has 0 amide bonds. The number of unbranched alkanes of at least 4 members (excludes halogenated alkanes) is 1. The standard InChI is InChI=1S/C16H18N4OS/c1-3-4-9-22-16-17-8-7-15(19-16)20-14-10-13(21-2)6-5-12(14)11-18-20/h5-8,10-11H,3-4,9H2,1-2H3. The molecular weight excluding hydrogens is 296 g/mol. The van der Waals surface area contributed by atoms with Crippen LogP contribution in [0.3, 0.4) is 0 Å². The summed E-state index contributed by atoms with van der Waals surface area (Å²) in [6, 6.07) is 7.76. The normalized spacial score (nSPS) is 11.0. The molecule has 0 spiro atoms. The summed E-state index contributed by atoms with van der Waals surface area (Å²) in [5.74, 6) is 2.62. The van der Waals surface area contributed by atoms with Gasteiger partial charge in [-0.1, -0.05) is 25.1 Å². The van der Waals surface area contributed by atoms with Gasteiger partial charge < -0.3 is 4.74 Å². The highest BCUT2D eigenvalue weighted by molar-refractivity contribution is 7.99. The van der Waals surface area contributed by atoms with Gasteiger partial charge >= 0.3 is 0 Å². The highest BCUT2D eigenvalue weighted by atomic mass is 32.2. The summed E-state index contributed by atoms with van der Waals surface area (Å²) in [6.45, 7) is 2.18. The Hall–Kier alpha value is -2.08. The fraction of sp³-hybridized carbons (Fsp3) is 0.312. The molecule has 2 heterocycles. The number of nitrogens with zero attached hydrogens (tertiary/aromatic N) is 4. The Morgan fingerprint density at radius 3 is 3.00 bits per heavy atom. The number of aromatic nitrogens is 4. The molecule has 0 aliphatic rings. The number of methoxy groups -OCH3 is 1. The van der Waals surface area contributed by atoms with Crippen LogP contribution in [0.25, 0.3) is 16.7 Å². The molecule has 0 fully saturated rings. The fourth-order valence-electron chi connectivity index (χ4n) is 2.13. The molecule has 114 valence electrons. The zero-order chi connectivity index (χ0) is 15.4. The minimum Gasteiger partial charge on any atom is -0.497 e. The molecular formula is C16H18N4OS. The van der Waals surface area contributed by atoms with Crippen LogP contribution in [0.2, 0.25) is 0 Å². The van der Waals surface area contributed by atoms with Crippen LogP contribution < -0.4 is 4.74 Å². The Bertz CT molecular complexity index is 772. The lowest BCUT2D eigenvalue weighted by Gasteiger charge is -2.05. The number of rotatable bonds is 6. The van der Waals surface area contributed by atoms with E-state index in [1.54, 1.807) is 25.1 Å². The Morgan fingerprint density at radius 2 is 2.18 bits per heavy atom. The van der Waals surface area contributed by atoms with Crippen LogP contribution in [0, 0.1) is 0 Å². The molecule has 6 heteroatoms. The van der Waals surface area contributed by atoms with Crippen molar-refractivity contribution in [2.75, 3.05) is 12.9 Å². The monoisotopic (exact) mass is 314 g/mol. The summed E-state index contributed by atoms with van der Waals surface area (Å²) in [5, 5.41) is 6.28. The Balaban J connectivity index is 1.95. The Morgan fingerprint density at radius 1 is 1.27 bits per heavy atom.